The summed E-state index contributed by atoms with van der Waals surface area (Å²) < 4.78 is 10.7. The van der Waals surface area contributed by atoms with Gasteiger partial charge in [0.2, 0.25) is 0 Å². The van der Waals surface area contributed by atoms with Crippen molar-refractivity contribution in [3.05, 3.63) is 57.6 Å². The Morgan fingerprint density at radius 1 is 1.21 bits per heavy atom. The normalized spacial score (nSPS) is 14.5. The Bertz CT molecular complexity index is 939. The summed E-state index contributed by atoms with van der Waals surface area (Å²) in [6, 6.07) is 8.95. The number of para-hydroxylation sites is 1. The van der Waals surface area contributed by atoms with Crippen LogP contribution in [0, 0.1) is 19.8 Å². The van der Waals surface area contributed by atoms with Crippen LogP contribution in [-0.2, 0) is 9.53 Å². The van der Waals surface area contributed by atoms with Crippen molar-refractivity contribution in [2.45, 2.75) is 38.7 Å². The Labute approximate surface area is 167 Å². The van der Waals surface area contributed by atoms with Gasteiger partial charge in [-0.25, -0.2) is 9.59 Å². The number of hydrogen-bond donors (Lipinski definition) is 0. The molecule has 0 saturated heterocycles. The number of rotatable bonds is 4. The molecule has 1 atom stereocenters. The smallest absolute Gasteiger partial charge is 0.342 e. The van der Waals surface area contributed by atoms with Crippen LogP contribution in [-0.4, -0.2) is 30.3 Å². The molecular weight excluding hydrogens is 378 g/mol. The minimum atomic E-state index is -0.936. The minimum Gasteiger partial charge on any atom is -0.448 e. The van der Waals surface area contributed by atoms with Gasteiger partial charge in [0.15, 0.2) is 6.10 Å². The summed E-state index contributed by atoms with van der Waals surface area (Å²) in [5.41, 5.74) is 0.968. The molecule has 7 heteroatoms. The lowest BCUT2D eigenvalue weighted by Gasteiger charge is -2.33. The molecule has 0 spiro atoms. The van der Waals surface area contributed by atoms with Gasteiger partial charge in [0.1, 0.15) is 11.3 Å². The number of nitrogens with zero attached hydrogens (tertiary/aromatic N) is 1. The fourth-order valence-corrected chi connectivity index (χ4v) is 4.26. The average Bonchev–Trinajstić information content (AvgIpc) is 2.64. The summed E-state index contributed by atoms with van der Waals surface area (Å²) in [6.07, 6.45) is -0.936. The van der Waals surface area contributed by atoms with E-state index in [-0.39, 0.29) is 23.1 Å². The van der Waals surface area contributed by atoms with Crippen molar-refractivity contribution in [1.29, 1.82) is 0 Å². The lowest BCUT2D eigenvalue weighted by atomic mass is 10.0. The maximum atomic E-state index is 13.3. The van der Waals surface area contributed by atoms with Crippen LogP contribution < -0.4 is 10.5 Å². The molecule has 1 aromatic carbocycles. The first kappa shape index (κ1) is 20.2. The molecule has 0 radical (unpaired) electrons. The number of esters is 1. The van der Waals surface area contributed by atoms with Crippen molar-refractivity contribution in [3.8, 4) is 0 Å². The highest BCUT2D eigenvalue weighted by Gasteiger charge is 2.34. The molecule has 3 rings (SSSR count). The van der Waals surface area contributed by atoms with Crippen LogP contribution >= 0.6 is 11.8 Å². The van der Waals surface area contributed by atoms with Gasteiger partial charge in [-0.15, -0.1) is 11.8 Å². The number of carbonyl (C=O) groups excluding carboxylic acids is 2. The van der Waals surface area contributed by atoms with Gasteiger partial charge in [-0.1, -0.05) is 26.0 Å². The number of amides is 1. The summed E-state index contributed by atoms with van der Waals surface area (Å²) in [5, 5.41) is 0. The molecule has 2 aromatic rings. The molecule has 0 bridgehead atoms. The van der Waals surface area contributed by atoms with E-state index in [1.807, 2.05) is 38.1 Å². The summed E-state index contributed by atoms with van der Waals surface area (Å²) >= 11 is 1.70. The number of anilines is 1. The number of thioether (sulfide) groups is 1. The van der Waals surface area contributed by atoms with E-state index >= 15 is 0 Å². The van der Waals surface area contributed by atoms with Gasteiger partial charge in [0.05, 0.1) is 5.69 Å². The standard InChI is InChI=1S/C21H23NO5S/c1-12(2)19(27-21(25)18-13(3)11-17(23)26-14(18)4)20(24)22-9-10-28-16-8-6-5-7-15(16)22/h5-8,11-12,19H,9-10H2,1-4H3. The van der Waals surface area contributed by atoms with Crippen molar-refractivity contribution in [1.82, 2.24) is 0 Å². The SMILES string of the molecule is Cc1cc(=O)oc(C)c1C(=O)OC(C(=O)N1CCSc2ccccc21)C(C)C. The quantitative estimate of drug-likeness (QED) is 0.729. The van der Waals surface area contributed by atoms with E-state index in [1.165, 1.54) is 13.0 Å². The van der Waals surface area contributed by atoms with E-state index in [0.717, 1.165) is 16.3 Å². The summed E-state index contributed by atoms with van der Waals surface area (Å²) in [7, 11) is 0. The Kier molecular flexibility index (Phi) is 5.93. The van der Waals surface area contributed by atoms with E-state index in [2.05, 4.69) is 0 Å². The van der Waals surface area contributed by atoms with Crippen LogP contribution in [0.3, 0.4) is 0 Å². The molecule has 1 aliphatic heterocycles. The third-order valence-corrected chi connectivity index (χ3v) is 5.66. The van der Waals surface area contributed by atoms with Crippen LogP contribution in [0.1, 0.15) is 35.5 Å². The third kappa shape index (κ3) is 3.99. The molecule has 0 saturated carbocycles. The van der Waals surface area contributed by atoms with Crippen LogP contribution in [0.15, 0.2) is 44.4 Å². The number of fused-ring (bicyclic) bond motifs is 1. The van der Waals surface area contributed by atoms with Crippen molar-refractivity contribution >= 4 is 29.3 Å². The summed E-state index contributed by atoms with van der Waals surface area (Å²) in [6.45, 7) is 7.41. The number of carbonyl (C=O) groups is 2. The van der Waals surface area contributed by atoms with Gasteiger partial charge in [0, 0.05) is 23.3 Å². The molecule has 0 N–H and O–H groups in total. The van der Waals surface area contributed by atoms with E-state index in [9.17, 15) is 14.4 Å². The highest BCUT2D eigenvalue weighted by Crippen LogP contribution is 2.35. The Balaban J connectivity index is 1.88. The molecule has 1 aliphatic rings. The first-order valence-corrected chi connectivity index (χ1v) is 10.1. The van der Waals surface area contributed by atoms with Gasteiger partial charge in [-0.3, -0.25) is 4.79 Å². The summed E-state index contributed by atoms with van der Waals surface area (Å²) in [5.74, 6) is -0.155. The zero-order valence-electron chi connectivity index (χ0n) is 16.4. The van der Waals surface area contributed by atoms with Crippen LogP contribution in [0.2, 0.25) is 0 Å². The van der Waals surface area contributed by atoms with Crippen molar-refractivity contribution in [2.75, 3.05) is 17.2 Å². The molecule has 28 heavy (non-hydrogen) atoms. The highest BCUT2D eigenvalue weighted by atomic mass is 32.2. The molecule has 148 valence electrons. The predicted molar refractivity (Wildman–Crippen MR) is 108 cm³/mol. The zero-order valence-corrected chi connectivity index (χ0v) is 17.2. The van der Waals surface area contributed by atoms with E-state index in [4.69, 9.17) is 9.15 Å². The Morgan fingerprint density at radius 2 is 1.93 bits per heavy atom. The molecule has 0 aliphatic carbocycles. The van der Waals surface area contributed by atoms with E-state index in [1.54, 1.807) is 23.6 Å². The maximum absolute atomic E-state index is 13.3. The number of benzene rings is 1. The number of ether oxygens (including phenoxy) is 1. The highest BCUT2D eigenvalue weighted by molar-refractivity contribution is 7.99. The molecule has 2 heterocycles. The Hall–Kier alpha value is -2.54. The second-order valence-corrected chi connectivity index (χ2v) is 8.19. The monoisotopic (exact) mass is 401 g/mol. The fourth-order valence-electron chi connectivity index (χ4n) is 3.26. The van der Waals surface area contributed by atoms with Gasteiger partial charge >= 0.3 is 11.6 Å². The van der Waals surface area contributed by atoms with Gasteiger partial charge in [-0.05, 0) is 37.5 Å². The number of aryl methyl sites for hydroxylation is 2. The van der Waals surface area contributed by atoms with Crippen molar-refractivity contribution < 1.29 is 18.7 Å². The van der Waals surface area contributed by atoms with Crippen molar-refractivity contribution in [3.63, 3.8) is 0 Å². The predicted octanol–water partition coefficient (Wildman–Crippen LogP) is 3.58. The van der Waals surface area contributed by atoms with Gasteiger partial charge < -0.3 is 14.1 Å². The van der Waals surface area contributed by atoms with E-state index in [0.29, 0.717) is 12.1 Å². The van der Waals surface area contributed by atoms with Gasteiger partial charge in [0.25, 0.3) is 5.91 Å². The van der Waals surface area contributed by atoms with Crippen LogP contribution in [0.4, 0.5) is 5.69 Å². The zero-order chi connectivity index (χ0) is 20.4. The summed E-state index contributed by atoms with van der Waals surface area (Å²) in [4.78, 5) is 40.2. The first-order chi connectivity index (χ1) is 13.3. The third-order valence-electron chi connectivity index (χ3n) is 4.62. The van der Waals surface area contributed by atoms with Crippen molar-refractivity contribution in [2.24, 2.45) is 5.92 Å². The first-order valence-electron chi connectivity index (χ1n) is 9.15. The molecular formula is C21H23NO5S. The Morgan fingerprint density at radius 3 is 2.61 bits per heavy atom. The molecule has 1 amide bonds. The molecule has 6 nitrogen and oxygen atoms in total. The van der Waals surface area contributed by atoms with E-state index < -0.39 is 17.7 Å². The molecule has 1 unspecified atom stereocenters. The second kappa shape index (κ2) is 8.22. The average molecular weight is 401 g/mol. The van der Waals surface area contributed by atoms with Crippen LogP contribution in [0.25, 0.3) is 0 Å². The van der Waals surface area contributed by atoms with Gasteiger partial charge in [-0.2, -0.15) is 0 Å². The molecule has 0 fully saturated rings. The number of hydrogen-bond acceptors (Lipinski definition) is 6. The maximum Gasteiger partial charge on any atom is 0.342 e. The fraction of sp³-hybridized carbons (Fsp3) is 0.381. The minimum absolute atomic E-state index is 0.185. The molecule has 1 aromatic heterocycles. The largest absolute Gasteiger partial charge is 0.448 e. The topological polar surface area (TPSA) is 76.8 Å². The second-order valence-electron chi connectivity index (χ2n) is 7.06. The van der Waals surface area contributed by atoms with Crippen LogP contribution in [0.5, 0.6) is 0 Å². The lowest BCUT2D eigenvalue weighted by molar-refractivity contribution is -0.129. The lowest BCUT2D eigenvalue weighted by Crippen LogP contribution is -2.46.